The lowest BCUT2D eigenvalue weighted by atomic mass is 10.00. The lowest BCUT2D eigenvalue weighted by Gasteiger charge is -2.12. The third kappa shape index (κ3) is 5.39. The van der Waals surface area contributed by atoms with Crippen molar-refractivity contribution in [1.29, 1.82) is 0 Å². The highest BCUT2D eigenvalue weighted by Crippen LogP contribution is 2.24. The number of aromatic hydroxyl groups is 1. The van der Waals surface area contributed by atoms with Crippen LogP contribution in [0.15, 0.2) is 18.2 Å². The maximum atomic E-state index is 11.4. The van der Waals surface area contributed by atoms with Crippen molar-refractivity contribution in [3.8, 4) is 11.5 Å². The van der Waals surface area contributed by atoms with Crippen LogP contribution < -0.4 is 4.74 Å². The van der Waals surface area contributed by atoms with Gasteiger partial charge in [0.1, 0.15) is 11.5 Å². The minimum absolute atomic E-state index is 0.0519. The van der Waals surface area contributed by atoms with Crippen molar-refractivity contribution in [3.05, 3.63) is 23.8 Å². The molecule has 0 saturated heterocycles. The fraction of sp³-hybridized carbons (Fsp3) is 0.529. The van der Waals surface area contributed by atoms with E-state index in [1.165, 1.54) is 20.1 Å². The second-order valence-electron chi connectivity index (χ2n) is 5.21. The number of ketones is 1. The van der Waals surface area contributed by atoms with E-state index in [1.807, 2.05) is 6.92 Å². The molecular formula is C17H24O5. The summed E-state index contributed by atoms with van der Waals surface area (Å²) in [6.45, 7) is 3.87. The Kier molecular flexibility index (Phi) is 7.43. The van der Waals surface area contributed by atoms with Gasteiger partial charge in [0.2, 0.25) is 0 Å². The molecule has 1 aromatic carbocycles. The van der Waals surface area contributed by atoms with Gasteiger partial charge in [-0.15, -0.1) is 0 Å². The Bertz CT molecular complexity index is 510. The average Bonchev–Trinajstić information content (AvgIpc) is 2.49. The number of benzene rings is 1. The number of phenolic OH excluding ortho intramolecular Hbond substituents is 1. The van der Waals surface area contributed by atoms with E-state index < -0.39 is 0 Å². The zero-order valence-corrected chi connectivity index (χ0v) is 13.4. The fourth-order valence-corrected chi connectivity index (χ4v) is 2.24. The Morgan fingerprint density at radius 3 is 2.55 bits per heavy atom. The molecule has 122 valence electrons. The Labute approximate surface area is 131 Å². The average molecular weight is 308 g/mol. The van der Waals surface area contributed by atoms with E-state index >= 15 is 0 Å². The number of Topliss-reactive ketones (excluding diaryl/α,β-unsaturated/α-hetero) is 1. The van der Waals surface area contributed by atoms with E-state index in [2.05, 4.69) is 0 Å². The van der Waals surface area contributed by atoms with Gasteiger partial charge in [-0.05, 0) is 44.7 Å². The monoisotopic (exact) mass is 308 g/mol. The second-order valence-corrected chi connectivity index (χ2v) is 5.21. The maximum Gasteiger partial charge on any atom is 0.308 e. The van der Waals surface area contributed by atoms with Crippen molar-refractivity contribution in [2.24, 2.45) is 5.92 Å². The zero-order chi connectivity index (χ0) is 16.5. The molecule has 1 rings (SSSR count). The summed E-state index contributed by atoms with van der Waals surface area (Å²) >= 11 is 0. The molecule has 0 aliphatic carbocycles. The molecule has 0 amide bonds. The highest BCUT2D eigenvalue weighted by atomic mass is 16.5. The van der Waals surface area contributed by atoms with Crippen molar-refractivity contribution in [1.82, 2.24) is 0 Å². The number of rotatable bonds is 9. The molecule has 1 unspecified atom stereocenters. The quantitative estimate of drug-likeness (QED) is 0.430. The van der Waals surface area contributed by atoms with Crippen LogP contribution in [-0.2, 0) is 9.53 Å². The van der Waals surface area contributed by atoms with E-state index in [4.69, 9.17) is 9.47 Å². The molecule has 0 aromatic heterocycles. The summed E-state index contributed by atoms with van der Waals surface area (Å²) in [5, 5.41) is 9.71. The number of hydrogen-bond acceptors (Lipinski definition) is 5. The lowest BCUT2D eigenvalue weighted by Crippen LogP contribution is -2.15. The summed E-state index contributed by atoms with van der Waals surface area (Å²) in [6.07, 6.45) is 3.23. The normalized spacial score (nSPS) is 11.8. The van der Waals surface area contributed by atoms with E-state index in [0.29, 0.717) is 12.4 Å². The van der Waals surface area contributed by atoms with Crippen molar-refractivity contribution >= 4 is 11.8 Å². The number of carbonyl (C=O) groups is 2. The molecule has 1 N–H and O–H groups in total. The molecule has 0 bridgehead atoms. The third-order valence-corrected chi connectivity index (χ3v) is 3.59. The van der Waals surface area contributed by atoms with Crippen LogP contribution >= 0.6 is 0 Å². The first kappa shape index (κ1) is 18.0. The Hall–Kier alpha value is -2.04. The standard InChI is InChI=1S/C17H24O5/c1-4-13(17(20)21-3)7-5-6-10-22-14-8-9-15(12(2)18)16(19)11-14/h8-9,11,13,19H,4-7,10H2,1-3H3. The number of carbonyl (C=O) groups excluding carboxylic acids is 2. The molecular weight excluding hydrogens is 284 g/mol. The number of methoxy groups -OCH3 is 1. The van der Waals surface area contributed by atoms with Crippen LogP contribution in [-0.4, -0.2) is 30.6 Å². The number of ether oxygens (including phenoxy) is 2. The Morgan fingerprint density at radius 2 is 2.00 bits per heavy atom. The third-order valence-electron chi connectivity index (χ3n) is 3.59. The van der Waals surface area contributed by atoms with Crippen molar-refractivity contribution < 1.29 is 24.2 Å². The molecule has 0 saturated carbocycles. The Morgan fingerprint density at radius 1 is 1.27 bits per heavy atom. The van der Waals surface area contributed by atoms with Crippen LogP contribution in [0, 0.1) is 5.92 Å². The fourth-order valence-electron chi connectivity index (χ4n) is 2.24. The number of phenols is 1. The predicted molar refractivity (Wildman–Crippen MR) is 83.3 cm³/mol. The topological polar surface area (TPSA) is 72.8 Å². The van der Waals surface area contributed by atoms with Gasteiger partial charge in [0.25, 0.3) is 0 Å². The van der Waals surface area contributed by atoms with Crippen LogP contribution in [0.3, 0.4) is 0 Å². The summed E-state index contributed by atoms with van der Waals surface area (Å²) in [7, 11) is 1.41. The van der Waals surface area contributed by atoms with Gasteiger partial charge in [0.05, 0.1) is 25.2 Å². The molecule has 5 heteroatoms. The van der Waals surface area contributed by atoms with Crippen LogP contribution in [0.1, 0.15) is 49.9 Å². The van der Waals surface area contributed by atoms with Crippen molar-refractivity contribution in [3.63, 3.8) is 0 Å². The summed E-state index contributed by atoms with van der Waals surface area (Å²) in [6, 6.07) is 4.66. The molecule has 0 heterocycles. The summed E-state index contributed by atoms with van der Waals surface area (Å²) in [4.78, 5) is 22.7. The SMILES string of the molecule is CCC(CCCCOc1ccc(C(C)=O)c(O)c1)C(=O)OC. The number of hydrogen-bond donors (Lipinski definition) is 1. The van der Waals surface area contributed by atoms with Gasteiger partial charge in [-0.3, -0.25) is 9.59 Å². The van der Waals surface area contributed by atoms with Gasteiger partial charge in [-0.1, -0.05) is 6.92 Å². The zero-order valence-electron chi connectivity index (χ0n) is 13.4. The molecule has 0 radical (unpaired) electrons. The van der Waals surface area contributed by atoms with Gasteiger partial charge in [-0.25, -0.2) is 0 Å². The maximum absolute atomic E-state index is 11.4. The van der Waals surface area contributed by atoms with Crippen LogP contribution in [0.2, 0.25) is 0 Å². The van der Waals surface area contributed by atoms with E-state index in [-0.39, 0.29) is 29.0 Å². The number of esters is 1. The first-order valence-electron chi connectivity index (χ1n) is 7.54. The summed E-state index contributed by atoms with van der Waals surface area (Å²) in [5.41, 5.74) is 0.288. The van der Waals surface area contributed by atoms with E-state index in [9.17, 15) is 14.7 Å². The number of unbranched alkanes of at least 4 members (excludes halogenated alkanes) is 1. The van der Waals surface area contributed by atoms with E-state index in [0.717, 1.165) is 25.7 Å². The molecule has 0 fully saturated rings. The molecule has 0 aliphatic heterocycles. The van der Waals surface area contributed by atoms with Crippen LogP contribution in [0.5, 0.6) is 11.5 Å². The first-order chi connectivity index (χ1) is 10.5. The second kappa shape index (κ2) is 9.07. The van der Waals surface area contributed by atoms with Crippen LogP contribution in [0.25, 0.3) is 0 Å². The van der Waals surface area contributed by atoms with Gasteiger partial charge in [0, 0.05) is 6.07 Å². The minimum atomic E-state index is -0.183. The minimum Gasteiger partial charge on any atom is -0.507 e. The van der Waals surface area contributed by atoms with Crippen molar-refractivity contribution in [2.45, 2.75) is 39.5 Å². The molecule has 0 aliphatic rings. The van der Waals surface area contributed by atoms with Gasteiger partial charge in [-0.2, -0.15) is 0 Å². The molecule has 1 atom stereocenters. The smallest absolute Gasteiger partial charge is 0.308 e. The Balaban J connectivity index is 2.34. The van der Waals surface area contributed by atoms with E-state index in [1.54, 1.807) is 12.1 Å². The van der Waals surface area contributed by atoms with Crippen molar-refractivity contribution in [2.75, 3.05) is 13.7 Å². The highest BCUT2D eigenvalue weighted by molar-refractivity contribution is 5.96. The lowest BCUT2D eigenvalue weighted by molar-refractivity contribution is -0.145. The first-order valence-corrected chi connectivity index (χ1v) is 7.54. The van der Waals surface area contributed by atoms with Crippen LogP contribution in [0.4, 0.5) is 0 Å². The summed E-state index contributed by atoms with van der Waals surface area (Å²) in [5.74, 6) is 0.0683. The van der Waals surface area contributed by atoms with Gasteiger partial charge in [0.15, 0.2) is 5.78 Å². The molecule has 1 aromatic rings. The summed E-state index contributed by atoms with van der Waals surface area (Å²) < 4.78 is 10.3. The predicted octanol–water partition coefficient (Wildman–Crippen LogP) is 3.34. The van der Waals surface area contributed by atoms with Gasteiger partial charge >= 0.3 is 5.97 Å². The highest BCUT2D eigenvalue weighted by Gasteiger charge is 2.16. The molecule has 5 nitrogen and oxygen atoms in total. The molecule has 0 spiro atoms. The molecule has 22 heavy (non-hydrogen) atoms. The van der Waals surface area contributed by atoms with Gasteiger partial charge < -0.3 is 14.6 Å². The largest absolute Gasteiger partial charge is 0.507 e.